The minimum Gasteiger partial charge on any atom is -0.456 e. The predicted octanol–water partition coefficient (Wildman–Crippen LogP) is 7.14. The highest BCUT2D eigenvalue weighted by Crippen LogP contribution is 2.36. The number of carbonyl (C=O) groups is 1. The van der Waals surface area contributed by atoms with Gasteiger partial charge in [-0.1, -0.05) is 99.5 Å². The minimum absolute atomic E-state index is 0.0722. The van der Waals surface area contributed by atoms with Crippen molar-refractivity contribution in [1.82, 2.24) is 10.3 Å². The van der Waals surface area contributed by atoms with Crippen molar-refractivity contribution >= 4 is 16.9 Å². The molecule has 0 radical (unpaired) electrons. The molecular weight excluding hydrogens is 456 g/mol. The summed E-state index contributed by atoms with van der Waals surface area (Å²) in [4.78, 5) is 17.9. The lowest BCUT2D eigenvalue weighted by atomic mass is 9.77. The Hall–Kier alpha value is -3.50. The van der Waals surface area contributed by atoms with Crippen LogP contribution in [-0.4, -0.2) is 23.5 Å². The number of carbonyl (C=O) groups excluding carboxylic acids is 1. The van der Waals surface area contributed by atoms with Gasteiger partial charge in [-0.15, -0.1) is 0 Å². The first-order chi connectivity index (χ1) is 18.2. The Morgan fingerprint density at radius 3 is 2.35 bits per heavy atom. The SMILES string of the molecule is CC[C@H]1CN[C@@H]([C@@H](OC(=O)Cc2ccc(-c3ccccc3)cc2)c2ccnc3ccccc23)C[C@@H]1CC. The summed E-state index contributed by atoms with van der Waals surface area (Å²) in [5.41, 5.74) is 5.21. The van der Waals surface area contributed by atoms with E-state index < -0.39 is 0 Å². The molecule has 1 N–H and O–H groups in total. The van der Waals surface area contributed by atoms with Crippen molar-refractivity contribution in [2.75, 3.05) is 6.54 Å². The summed E-state index contributed by atoms with van der Waals surface area (Å²) in [6.07, 6.45) is 5.01. The number of esters is 1. The summed E-state index contributed by atoms with van der Waals surface area (Å²) in [6, 6.07) is 28.7. The number of para-hydroxylation sites is 1. The second-order valence-corrected chi connectivity index (χ2v) is 10.2. The molecule has 37 heavy (non-hydrogen) atoms. The molecule has 0 aliphatic carbocycles. The van der Waals surface area contributed by atoms with Gasteiger partial charge in [-0.2, -0.15) is 0 Å². The van der Waals surface area contributed by atoms with E-state index in [2.05, 4.69) is 54.5 Å². The average molecular weight is 493 g/mol. The maximum atomic E-state index is 13.3. The molecule has 1 aliphatic heterocycles. The van der Waals surface area contributed by atoms with E-state index in [1.54, 1.807) is 0 Å². The lowest BCUT2D eigenvalue weighted by Crippen LogP contribution is -2.47. The molecule has 4 heteroatoms. The van der Waals surface area contributed by atoms with Crippen LogP contribution in [0.3, 0.4) is 0 Å². The highest BCUT2D eigenvalue weighted by molar-refractivity contribution is 5.83. The molecule has 1 aromatic heterocycles. The van der Waals surface area contributed by atoms with Gasteiger partial charge in [0.05, 0.1) is 11.9 Å². The van der Waals surface area contributed by atoms with E-state index in [0.29, 0.717) is 11.8 Å². The Kier molecular flexibility index (Phi) is 7.96. The molecule has 2 heterocycles. The normalized spacial score (nSPS) is 20.4. The van der Waals surface area contributed by atoms with Gasteiger partial charge in [0.15, 0.2) is 0 Å². The summed E-state index contributed by atoms with van der Waals surface area (Å²) < 4.78 is 6.34. The van der Waals surface area contributed by atoms with E-state index in [1.807, 2.05) is 60.8 Å². The van der Waals surface area contributed by atoms with Crippen molar-refractivity contribution in [2.24, 2.45) is 11.8 Å². The fraction of sp³-hybridized carbons (Fsp3) is 0.333. The second-order valence-electron chi connectivity index (χ2n) is 10.2. The lowest BCUT2D eigenvalue weighted by Gasteiger charge is -2.40. The molecule has 190 valence electrons. The van der Waals surface area contributed by atoms with Gasteiger partial charge in [0.2, 0.25) is 0 Å². The molecule has 0 saturated carbocycles. The Labute approximate surface area is 220 Å². The Morgan fingerprint density at radius 2 is 1.59 bits per heavy atom. The monoisotopic (exact) mass is 492 g/mol. The molecule has 4 atom stereocenters. The zero-order chi connectivity index (χ0) is 25.6. The van der Waals surface area contributed by atoms with Gasteiger partial charge in [0.25, 0.3) is 0 Å². The maximum absolute atomic E-state index is 13.3. The molecule has 1 aliphatic rings. The number of benzene rings is 3. The van der Waals surface area contributed by atoms with Crippen LogP contribution < -0.4 is 5.32 Å². The molecule has 1 saturated heterocycles. The second kappa shape index (κ2) is 11.7. The number of rotatable bonds is 8. The first-order valence-electron chi connectivity index (χ1n) is 13.6. The quantitative estimate of drug-likeness (QED) is 0.266. The fourth-order valence-electron chi connectivity index (χ4n) is 5.80. The number of ether oxygens (including phenoxy) is 1. The zero-order valence-electron chi connectivity index (χ0n) is 21.8. The molecule has 1 fully saturated rings. The Bertz CT molecular complexity index is 1310. The summed E-state index contributed by atoms with van der Waals surface area (Å²) in [5.74, 6) is 1.08. The van der Waals surface area contributed by atoms with Crippen LogP contribution in [0.1, 0.15) is 50.3 Å². The van der Waals surface area contributed by atoms with Gasteiger partial charge in [-0.25, -0.2) is 0 Å². The molecule has 0 unspecified atom stereocenters. The van der Waals surface area contributed by atoms with Crippen LogP contribution in [0.4, 0.5) is 0 Å². The number of hydrogen-bond donors (Lipinski definition) is 1. The maximum Gasteiger partial charge on any atom is 0.310 e. The molecule has 4 nitrogen and oxygen atoms in total. The summed E-state index contributed by atoms with van der Waals surface area (Å²) in [5, 5.41) is 4.79. The molecule has 0 spiro atoms. The summed E-state index contributed by atoms with van der Waals surface area (Å²) >= 11 is 0. The van der Waals surface area contributed by atoms with Crippen LogP contribution in [0.5, 0.6) is 0 Å². The first-order valence-corrected chi connectivity index (χ1v) is 13.6. The molecule has 4 aromatic rings. The van der Waals surface area contributed by atoms with E-state index >= 15 is 0 Å². The molecule has 0 bridgehead atoms. The van der Waals surface area contributed by atoms with Crippen LogP contribution >= 0.6 is 0 Å². The van der Waals surface area contributed by atoms with Crippen LogP contribution in [0.15, 0.2) is 91.1 Å². The third kappa shape index (κ3) is 5.75. The largest absolute Gasteiger partial charge is 0.456 e. The van der Waals surface area contributed by atoms with Crippen LogP contribution in [0.2, 0.25) is 0 Å². The van der Waals surface area contributed by atoms with E-state index in [4.69, 9.17) is 4.74 Å². The van der Waals surface area contributed by atoms with E-state index in [-0.39, 0.29) is 24.5 Å². The number of fused-ring (bicyclic) bond motifs is 1. The summed E-state index contributed by atoms with van der Waals surface area (Å²) in [7, 11) is 0. The molecule has 5 rings (SSSR count). The number of hydrogen-bond acceptors (Lipinski definition) is 4. The van der Waals surface area contributed by atoms with Gasteiger partial charge in [0.1, 0.15) is 6.10 Å². The van der Waals surface area contributed by atoms with Crippen molar-refractivity contribution < 1.29 is 9.53 Å². The predicted molar refractivity (Wildman–Crippen MR) is 150 cm³/mol. The standard InChI is InChI=1S/C33H36N2O2/c1-3-24-21-31(35-22-25(24)4-2)33(29-18-19-34-30-13-9-8-12-28(29)30)37-32(36)20-23-14-16-27(17-15-23)26-10-6-5-7-11-26/h5-19,24-25,31,33,35H,3-4,20-22H2,1-2H3/t24-,25-,31+,33-/m0/s1. The fourth-order valence-corrected chi connectivity index (χ4v) is 5.80. The first kappa shape index (κ1) is 25.2. The summed E-state index contributed by atoms with van der Waals surface area (Å²) in [6.45, 7) is 5.50. The van der Waals surface area contributed by atoms with E-state index in [0.717, 1.165) is 47.0 Å². The topological polar surface area (TPSA) is 51.2 Å². The van der Waals surface area contributed by atoms with Gasteiger partial charge in [0, 0.05) is 23.2 Å². The van der Waals surface area contributed by atoms with Gasteiger partial charge < -0.3 is 10.1 Å². The number of nitrogens with zero attached hydrogens (tertiary/aromatic N) is 1. The molecular formula is C33H36N2O2. The molecule has 0 amide bonds. The number of nitrogens with one attached hydrogen (secondary N) is 1. The van der Waals surface area contributed by atoms with Gasteiger partial charge >= 0.3 is 5.97 Å². The van der Waals surface area contributed by atoms with Gasteiger partial charge in [-0.05, 0) is 53.6 Å². The van der Waals surface area contributed by atoms with Crippen molar-refractivity contribution in [2.45, 2.75) is 51.7 Å². The van der Waals surface area contributed by atoms with Crippen molar-refractivity contribution in [3.8, 4) is 11.1 Å². The highest BCUT2D eigenvalue weighted by Gasteiger charge is 2.35. The average Bonchev–Trinajstić information content (AvgIpc) is 2.96. The number of aromatic nitrogens is 1. The van der Waals surface area contributed by atoms with Crippen LogP contribution in [0, 0.1) is 11.8 Å². The molecule has 3 aromatic carbocycles. The van der Waals surface area contributed by atoms with Crippen LogP contribution in [-0.2, 0) is 16.0 Å². The van der Waals surface area contributed by atoms with E-state index in [9.17, 15) is 4.79 Å². The van der Waals surface area contributed by atoms with Crippen LogP contribution in [0.25, 0.3) is 22.0 Å². The number of pyridine rings is 1. The minimum atomic E-state index is -0.365. The van der Waals surface area contributed by atoms with Crippen molar-refractivity contribution in [1.29, 1.82) is 0 Å². The zero-order valence-corrected chi connectivity index (χ0v) is 21.8. The third-order valence-corrected chi connectivity index (χ3v) is 7.94. The van der Waals surface area contributed by atoms with Crippen molar-refractivity contribution in [3.05, 3.63) is 102 Å². The highest BCUT2D eigenvalue weighted by atomic mass is 16.5. The number of piperidine rings is 1. The Morgan fingerprint density at radius 1 is 0.892 bits per heavy atom. The van der Waals surface area contributed by atoms with Crippen molar-refractivity contribution in [3.63, 3.8) is 0 Å². The third-order valence-electron chi connectivity index (χ3n) is 7.94. The Balaban J connectivity index is 1.38. The van der Waals surface area contributed by atoms with E-state index in [1.165, 1.54) is 12.0 Å². The lowest BCUT2D eigenvalue weighted by molar-refractivity contribution is -0.151. The van der Waals surface area contributed by atoms with Gasteiger partial charge in [-0.3, -0.25) is 9.78 Å². The smallest absolute Gasteiger partial charge is 0.310 e.